The molecule has 1 saturated heterocycles. The lowest BCUT2D eigenvalue weighted by atomic mass is 9.85. The summed E-state index contributed by atoms with van der Waals surface area (Å²) in [6.07, 6.45) is 0.469. The third-order valence-corrected chi connectivity index (χ3v) is 5.68. The van der Waals surface area contributed by atoms with Gasteiger partial charge in [-0.05, 0) is 41.7 Å². The first kappa shape index (κ1) is 20.9. The Balaban J connectivity index is 1.56. The molecular formula is C24H31N3O2. The van der Waals surface area contributed by atoms with Crippen LogP contribution in [0.4, 0.5) is 11.4 Å². The Morgan fingerprint density at radius 2 is 1.55 bits per heavy atom. The summed E-state index contributed by atoms with van der Waals surface area (Å²) in [5.41, 5.74) is 3.14. The van der Waals surface area contributed by atoms with E-state index in [0.717, 1.165) is 37.6 Å². The van der Waals surface area contributed by atoms with Crippen molar-refractivity contribution in [3.63, 3.8) is 0 Å². The SMILES string of the molecule is CC(=O)N1CCN(c2ccc(NC(=O)CC(c3ccccc3)C(C)C)cc2)CC1. The summed E-state index contributed by atoms with van der Waals surface area (Å²) in [5.74, 6) is 0.764. The monoisotopic (exact) mass is 393 g/mol. The van der Waals surface area contributed by atoms with Gasteiger partial charge in [-0.1, -0.05) is 44.2 Å². The Hall–Kier alpha value is -2.82. The molecule has 29 heavy (non-hydrogen) atoms. The number of amides is 2. The highest BCUT2D eigenvalue weighted by molar-refractivity contribution is 5.91. The third kappa shape index (κ3) is 5.59. The zero-order valence-corrected chi connectivity index (χ0v) is 17.6. The fourth-order valence-electron chi connectivity index (χ4n) is 3.89. The van der Waals surface area contributed by atoms with Crippen LogP contribution in [0.2, 0.25) is 0 Å². The van der Waals surface area contributed by atoms with Crippen LogP contribution in [0.1, 0.15) is 38.7 Å². The molecule has 0 saturated carbocycles. The zero-order chi connectivity index (χ0) is 20.8. The molecule has 0 radical (unpaired) electrons. The van der Waals surface area contributed by atoms with Gasteiger partial charge in [0.1, 0.15) is 0 Å². The third-order valence-electron chi connectivity index (χ3n) is 5.68. The molecule has 0 aliphatic carbocycles. The quantitative estimate of drug-likeness (QED) is 0.803. The van der Waals surface area contributed by atoms with Crippen molar-refractivity contribution in [3.05, 3.63) is 60.2 Å². The van der Waals surface area contributed by atoms with Gasteiger partial charge in [-0.3, -0.25) is 9.59 Å². The molecule has 0 aromatic heterocycles. The van der Waals surface area contributed by atoms with E-state index in [9.17, 15) is 9.59 Å². The summed E-state index contributed by atoms with van der Waals surface area (Å²) in [4.78, 5) is 28.2. The minimum Gasteiger partial charge on any atom is -0.368 e. The second-order valence-electron chi connectivity index (χ2n) is 8.05. The molecule has 1 N–H and O–H groups in total. The lowest BCUT2D eigenvalue weighted by molar-refractivity contribution is -0.129. The van der Waals surface area contributed by atoms with E-state index >= 15 is 0 Å². The molecule has 1 aliphatic heterocycles. The van der Waals surface area contributed by atoms with Gasteiger partial charge < -0.3 is 15.1 Å². The molecule has 1 aliphatic rings. The standard InChI is InChI=1S/C24H31N3O2/c1-18(2)23(20-7-5-4-6-8-20)17-24(29)25-21-9-11-22(12-10-21)27-15-13-26(14-16-27)19(3)28/h4-12,18,23H,13-17H2,1-3H3,(H,25,29). The van der Waals surface area contributed by atoms with Crippen LogP contribution >= 0.6 is 0 Å². The molecule has 1 atom stereocenters. The van der Waals surface area contributed by atoms with Gasteiger partial charge in [0.2, 0.25) is 11.8 Å². The molecule has 3 rings (SSSR count). The average molecular weight is 394 g/mol. The van der Waals surface area contributed by atoms with Gasteiger partial charge in [0.05, 0.1) is 0 Å². The number of nitrogens with zero attached hydrogens (tertiary/aromatic N) is 2. The summed E-state index contributed by atoms with van der Waals surface area (Å²) < 4.78 is 0. The Morgan fingerprint density at radius 1 is 0.931 bits per heavy atom. The van der Waals surface area contributed by atoms with E-state index in [-0.39, 0.29) is 17.7 Å². The number of hydrogen-bond donors (Lipinski definition) is 1. The summed E-state index contributed by atoms with van der Waals surface area (Å²) in [7, 11) is 0. The van der Waals surface area contributed by atoms with Crippen LogP contribution in [0.3, 0.4) is 0 Å². The topological polar surface area (TPSA) is 52.7 Å². The van der Waals surface area contributed by atoms with Gasteiger partial charge in [0, 0.05) is 50.9 Å². The smallest absolute Gasteiger partial charge is 0.224 e. The predicted octanol–water partition coefficient (Wildman–Crippen LogP) is 4.12. The first-order chi connectivity index (χ1) is 13.9. The molecular weight excluding hydrogens is 362 g/mol. The average Bonchev–Trinajstić information content (AvgIpc) is 2.73. The van der Waals surface area contributed by atoms with Gasteiger partial charge in [-0.15, -0.1) is 0 Å². The van der Waals surface area contributed by atoms with Crippen molar-refractivity contribution in [2.24, 2.45) is 5.92 Å². The maximum Gasteiger partial charge on any atom is 0.224 e. The normalized spacial score (nSPS) is 15.3. The molecule has 2 aromatic rings. The Morgan fingerprint density at radius 3 is 2.10 bits per heavy atom. The lowest BCUT2D eigenvalue weighted by Crippen LogP contribution is -2.48. The largest absolute Gasteiger partial charge is 0.368 e. The van der Waals surface area contributed by atoms with E-state index in [0.29, 0.717) is 12.3 Å². The van der Waals surface area contributed by atoms with Crippen molar-refractivity contribution in [2.75, 3.05) is 36.4 Å². The highest BCUT2D eigenvalue weighted by atomic mass is 16.2. The van der Waals surface area contributed by atoms with Crippen LogP contribution < -0.4 is 10.2 Å². The van der Waals surface area contributed by atoms with Crippen molar-refractivity contribution in [1.82, 2.24) is 4.90 Å². The van der Waals surface area contributed by atoms with Gasteiger partial charge in [-0.25, -0.2) is 0 Å². The van der Waals surface area contributed by atoms with Gasteiger partial charge >= 0.3 is 0 Å². The summed E-state index contributed by atoms with van der Waals surface area (Å²) in [6, 6.07) is 18.2. The number of nitrogens with one attached hydrogen (secondary N) is 1. The lowest BCUT2D eigenvalue weighted by Gasteiger charge is -2.35. The molecule has 154 valence electrons. The number of carbonyl (C=O) groups is 2. The second-order valence-corrected chi connectivity index (χ2v) is 8.05. The van der Waals surface area contributed by atoms with Crippen LogP contribution in [-0.4, -0.2) is 42.9 Å². The Bertz CT molecular complexity index is 810. The van der Waals surface area contributed by atoms with E-state index in [4.69, 9.17) is 0 Å². The highest BCUT2D eigenvalue weighted by Gasteiger charge is 2.20. The predicted molar refractivity (Wildman–Crippen MR) is 118 cm³/mol. The molecule has 1 heterocycles. The number of hydrogen-bond acceptors (Lipinski definition) is 3. The van der Waals surface area contributed by atoms with Crippen molar-refractivity contribution < 1.29 is 9.59 Å². The first-order valence-electron chi connectivity index (χ1n) is 10.4. The Kier molecular flexibility index (Phi) is 6.91. The number of benzene rings is 2. The van der Waals surface area contributed by atoms with Crippen LogP contribution in [-0.2, 0) is 9.59 Å². The molecule has 2 aromatic carbocycles. The summed E-state index contributed by atoms with van der Waals surface area (Å²) in [6.45, 7) is 9.11. The molecule has 5 nitrogen and oxygen atoms in total. The molecule has 1 unspecified atom stereocenters. The summed E-state index contributed by atoms with van der Waals surface area (Å²) >= 11 is 0. The van der Waals surface area contributed by atoms with Crippen molar-refractivity contribution in [2.45, 2.75) is 33.1 Å². The fraction of sp³-hybridized carbons (Fsp3) is 0.417. The number of carbonyl (C=O) groups excluding carboxylic acids is 2. The van der Waals surface area contributed by atoms with E-state index in [2.05, 4.69) is 36.2 Å². The van der Waals surface area contributed by atoms with Crippen molar-refractivity contribution >= 4 is 23.2 Å². The molecule has 1 fully saturated rings. The van der Waals surface area contributed by atoms with Gasteiger partial charge in [0.15, 0.2) is 0 Å². The summed E-state index contributed by atoms with van der Waals surface area (Å²) in [5, 5.41) is 3.04. The highest BCUT2D eigenvalue weighted by Crippen LogP contribution is 2.28. The molecule has 0 bridgehead atoms. The van der Waals surface area contributed by atoms with Crippen molar-refractivity contribution in [1.29, 1.82) is 0 Å². The van der Waals surface area contributed by atoms with Crippen LogP contribution in [0, 0.1) is 5.92 Å². The van der Waals surface area contributed by atoms with Crippen molar-refractivity contribution in [3.8, 4) is 0 Å². The minimum atomic E-state index is 0.0374. The Labute approximate surface area is 173 Å². The van der Waals surface area contributed by atoms with E-state index in [1.165, 1.54) is 5.56 Å². The molecule has 5 heteroatoms. The maximum absolute atomic E-state index is 12.6. The van der Waals surface area contributed by atoms with Crippen LogP contribution in [0.5, 0.6) is 0 Å². The number of anilines is 2. The zero-order valence-electron chi connectivity index (χ0n) is 17.6. The molecule has 2 amide bonds. The number of rotatable bonds is 6. The van der Waals surface area contributed by atoms with E-state index in [1.54, 1.807) is 6.92 Å². The molecule has 0 spiro atoms. The van der Waals surface area contributed by atoms with Gasteiger partial charge in [-0.2, -0.15) is 0 Å². The van der Waals surface area contributed by atoms with E-state index in [1.807, 2.05) is 47.4 Å². The van der Waals surface area contributed by atoms with Crippen LogP contribution in [0.25, 0.3) is 0 Å². The minimum absolute atomic E-state index is 0.0374. The maximum atomic E-state index is 12.6. The first-order valence-corrected chi connectivity index (χ1v) is 10.4. The fourth-order valence-corrected chi connectivity index (χ4v) is 3.89. The second kappa shape index (κ2) is 9.59. The number of piperazine rings is 1. The van der Waals surface area contributed by atoms with E-state index < -0.39 is 0 Å². The van der Waals surface area contributed by atoms with Gasteiger partial charge in [0.25, 0.3) is 0 Å². The van der Waals surface area contributed by atoms with Crippen LogP contribution in [0.15, 0.2) is 54.6 Å².